The summed E-state index contributed by atoms with van der Waals surface area (Å²) in [6, 6.07) is 13.6. The predicted molar refractivity (Wildman–Crippen MR) is 84.3 cm³/mol. The molecule has 0 bridgehead atoms. The van der Waals surface area contributed by atoms with Crippen LogP contribution in [0.2, 0.25) is 5.15 Å². The molecular weight excluding hydrogens is 319 g/mol. The van der Waals surface area contributed by atoms with Crippen LogP contribution in [0.25, 0.3) is 0 Å². The molecule has 2 aromatic carbocycles. The maximum atomic E-state index is 13.5. The molecule has 0 atom stereocenters. The zero-order chi connectivity index (χ0) is 16.1. The summed E-state index contributed by atoms with van der Waals surface area (Å²) in [5.74, 6) is 0.453. The molecule has 4 nitrogen and oxygen atoms in total. The Morgan fingerprint density at radius 2 is 1.83 bits per heavy atom. The summed E-state index contributed by atoms with van der Waals surface area (Å²) in [5, 5.41) is 0.165. The van der Waals surface area contributed by atoms with Crippen LogP contribution >= 0.6 is 11.6 Å². The molecule has 0 radical (unpaired) electrons. The Bertz CT molecular complexity index is 800. The molecule has 23 heavy (non-hydrogen) atoms. The van der Waals surface area contributed by atoms with Gasteiger partial charge in [-0.05, 0) is 17.7 Å². The molecule has 1 aromatic heterocycles. The molecule has 1 heterocycles. The molecule has 3 rings (SSSR count). The molecule has 116 valence electrons. The van der Waals surface area contributed by atoms with Crippen molar-refractivity contribution in [3.63, 3.8) is 0 Å². The molecule has 0 aliphatic carbocycles. The summed E-state index contributed by atoms with van der Waals surface area (Å²) in [4.78, 5) is 7.68. The highest BCUT2D eigenvalue weighted by Gasteiger charge is 2.11. The Morgan fingerprint density at radius 1 is 1.00 bits per heavy atom. The monoisotopic (exact) mass is 330 g/mol. The van der Waals surface area contributed by atoms with Crippen LogP contribution in [-0.2, 0) is 6.61 Å². The third-order valence-electron chi connectivity index (χ3n) is 3.00. The Morgan fingerprint density at radius 3 is 2.61 bits per heavy atom. The SMILES string of the molecule is Fc1ccc(Oc2cncnc2Cl)c(OCc2ccccc2)c1. The first-order valence-corrected chi connectivity index (χ1v) is 7.20. The van der Waals surface area contributed by atoms with Gasteiger partial charge in [-0.1, -0.05) is 41.9 Å². The van der Waals surface area contributed by atoms with E-state index in [1.165, 1.54) is 30.7 Å². The third-order valence-corrected chi connectivity index (χ3v) is 3.28. The molecule has 0 unspecified atom stereocenters. The van der Waals surface area contributed by atoms with Crippen LogP contribution in [0.5, 0.6) is 17.2 Å². The minimum absolute atomic E-state index is 0.165. The van der Waals surface area contributed by atoms with Crippen molar-refractivity contribution in [3.8, 4) is 17.2 Å². The van der Waals surface area contributed by atoms with Gasteiger partial charge >= 0.3 is 0 Å². The lowest BCUT2D eigenvalue weighted by molar-refractivity contribution is 0.289. The van der Waals surface area contributed by atoms with Gasteiger partial charge < -0.3 is 9.47 Å². The van der Waals surface area contributed by atoms with Gasteiger partial charge in [0.05, 0.1) is 6.20 Å². The molecule has 0 saturated carbocycles. The topological polar surface area (TPSA) is 44.2 Å². The van der Waals surface area contributed by atoms with E-state index >= 15 is 0 Å². The number of ether oxygens (including phenoxy) is 2. The smallest absolute Gasteiger partial charge is 0.183 e. The first-order chi connectivity index (χ1) is 11.2. The van der Waals surface area contributed by atoms with Gasteiger partial charge in [-0.25, -0.2) is 14.4 Å². The summed E-state index contributed by atoms with van der Waals surface area (Å²) in [6.07, 6.45) is 2.74. The molecule has 0 spiro atoms. The maximum absolute atomic E-state index is 13.5. The number of hydrogen-bond acceptors (Lipinski definition) is 4. The van der Waals surface area contributed by atoms with Crippen molar-refractivity contribution in [1.82, 2.24) is 9.97 Å². The van der Waals surface area contributed by atoms with Gasteiger partial charge in [0.15, 0.2) is 22.4 Å². The van der Waals surface area contributed by atoms with Crippen LogP contribution in [0.15, 0.2) is 61.1 Å². The number of halogens is 2. The second-order valence-corrected chi connectivity index (χ2v) is 5.00. The van der Waals surface area contributed by atoms with E-state index in [-0.39, 0.29) is 16.7 Å². The number of benzene rings is 2. The average Bonchev–Trinajstić information content (AvgIpc) is 2.58. The van der Waals surface area contributed by atoms with E-state index in [0.29, 0.717) is 12.4 Å². The molecule has 0 aliphatic rings. The van der Waals surface area contributed by atoms with Crippen molar-refractivity contribution >= 4 is 11.6 Å². The molecular formula is C17H12ClFN2O2. The molecule has 0 amide bonds. The van der Waals surface area contributed by atoms with E-state index in [4.69, 9.17) is 21.1 Å². The van der Waals surface area contributed by atoms with Gasteiger partial charge in [-0.15, -0.1) is 0 Å². The van der Waals surface area contributed by atoms with Crippen molar-refractivity contribution in [2.75, 3.05) is 0 Å². The van der Waals surface area contributed by atoms with Crippen molar-refractivity contribution in [2.24, 2.45) is 0 Å². The number of rotatable bonds is 5. The summed E-state index contributed by atoms with van der Waals surface area (Å²) >= 11 is 5.94. The molecule has 0 N–H and O–H groups in total. The zero-order valence-corrected chi connectivity index (χ0v) is 12.7. The summed E-state index contributed by atoms with van der Waals surface area (Å²) in [7, 11) is 0. The Balaban J connectivity index is 1.82. The van der Waals surface area contributed by atoms with Crippen molar-refractivity contribution < 1.29 is 13.9 Å². The van der Waals surface area contributed by atoms with Crippen LogP contribution < -0.4 is 9.47 Å². The highest BCUT2D eigenvalue weighted by atomic mass is 35.5. The second kappa shape index (κ2) is 7.07. The normalized spacial score (nSPS) is 10.3. The molecule has 3 aromatic rings. The molecule has 0 fully saturated rings. The minimum atomic E-state index is -0.421. The Kier molecular flexibility index (Phi) is 4.68. The average molecular weight is 331 g/mol. The maximum Gasteiger partial charge on any atom is 0.183 e. The predicted octanol–water partition coefficient (Wildman–Crippen LogP) is 4.64. The van der Waals surface area contributed by atoms with E-state index < -0.39 is 5.82 Å². The van der Waals surface area contributed by atoms with E-state index in [9.17, 15) is 4.39 Å². The van der Waals surface area contributed by atoms with E-state index in [1.54, 1.807) is 0 Å². The molecule has 0 aliphatic heterocycles. The van der Waals surface area contributed by atoms with Gasteiger partial charge in [0.1, 0.15) is 18.8 Å². The summed E-state index contributed by atoms with van der Waals surface area (Å²) in [5.41, 5.74) is 0.962. The number of aromatic nitrogens is 2. The van der Waals surface area contributed by atoms with Gasteiger partial charge in [0.25, 0.3) is 0 Å². The highest BCUT2D eigenvalue weighted by Crippen LogP contribution is 2.34. The van der Waals surface area contributed by atoms with Crippen LogP contribution in [0, 0.1) is 5.82 Å². The minimum Gasteiger partial charge on any atom is -0.485 e. The highest BCUT2D eigenvalue weighted by molar-refractivity contribution is 6.30. The first kappa shape index (κ1) is 15.2. The van der Waals surface area contributed by atoms with Gasteiger partial charge in [0.2, 0.25) is 0 Å². The lowest BCUT2D eigenvalue weighted by atomic mass is 10.2. The first-order valence-electron chi connectivity index (χ1n) is 6.82. The fourth-order valence-electron chi connectivity index (χ4n) is 1.90. The molecule has 0 saturated heterocycles. The van der Waals surface area contributed by atoms with E-state index in [0.717, 1.165) is 5.56 Å². The van der Waals surface area contributed by atoms with Gasteiger partial charge in [-0.3, -0.25) is 0 Å². The lowest BCUT2D eigenvalue weighted by Crippen LogP contribution is -1.98. The Hall–Kier alpha value is -2.66. The Labute approximate surface area is 137 Å². The standard InChI is InChI=1S/C17H12ClFN2O2/c18-17-16(9-20-11-21-17)23-14-7-6-13(19)8-15(14)22-10-12-4-2-1-3-5-12/h1-9,11H,10H2. The fourth-order valence-corrected chi connectivity index (χ4v) is 2.03. The zero-order valence-electron chi connectivity index (χ0n) is 11.9. The van der Waals surface area contributed by atoms with Gasteiger partial charge in [-0.2, -0.15) is 0 Å². The number of hydrogen-bond donors (Lipinski definition) is 0. The van der Waals surface area contributed by atoms with Crippen molar-refractivity contribution in [2.45, 2.75) is 6.61 Å². The quantitative estimate of drug-likeness (QED) is 0.639. The van der Waals surface area contributed by atoms with Gasteiger partial charge in [0, 0.05) is 6.07 Å². The van der Waals surface area contributed by atoms with Crippen molar-refractivity contribution in [3.05, 3.63) is 77.6 Å². The lowest BCUT2D eigenvalue weighted by Gasteiger charge is -2.13. The van der Waals surface area contributed by atoms with E-state index in [1.807, 2.05) is 30.3 Å². The molecule has 6 heteroatoms. The third kappa shape index (κ3) is 3.96. The van der Waals surface area contributed by atoms with Crippen LogP contribution in [0.3, 0.4) is 0 Å². The van der Waals surface area contributed by atoms with Crippen molar-refractivity contribution in [1.29, 1.82) is 0 Å². The largest absolute Gasteiger partial charge is 0.485 e. The summed E-state index contributed by atoms with van der Waals surface area (Å²) < 4.78 is 24.8. The second-order valence-electron chi connectivity index (χ2n) is 4.65. The van der Waals surface area contributed by atoms with E-state index in [2.05, 4.69) is 9.97 Å². The summed E-state index contributed by atoms with van der Waals surface area (Å²) in [6.45, 7) is 0.291. The number of nitrogens with zero attached hydrogens (tertiary/aromatic N) is 2. The van der Waals surface area contributed by atoms with Crippen LogP contribution in [-0.4, -0.2) is 9.97 Å². The van der Waals surface area contributed by atoms with Crippen LogP contribution in [0.1, 0.15) is 5.56 Å². The fraction of sp³-hybridized carbons (Fsp3) is 0.0588. The van der Waals surface area contributed by atoms with Crippen LogP contribution in [0.4, 0.5) is 4.39 Å².